The average molecular weight is 420 g/mol. The van der Waals surface area contributed by atoms with E-state index in [4.69, 9.17) is 9.47 Å². The number of hydrogen-bond donors (Lipinski definition) is 2. The molecule has 7 nitrogen and oxygen atoms in total. The summed E-state index contributed by atoms with van der Waals surface area (Å²) in [6, 6.07) is 11.5. The quantitative estimate of drug-likeness (QED) is 0.548. The van der Waals surface area contributed by atoms with Crippen LogP contribution >= 0.6 is 11.3 Å². The number of carbonyl (C=O) groups is 2. The molecule has 1 atom stereocenters. The number of amides is 3. The van der Waals surface area contributed by atoms with Crippen LogP contribution in [0.25, 0.3) is 0 Å². The van der Waals surface area contributed by atoms with Gasteiger partial charge in [-0.15, -0.1) is 11.3 Å². The number of thiophene rings is 1. The predicted molar refractivity (Wildman–Crippen MR) is 114 cm³/mol. The van der Waals surface area contributed by atoms with Crippen molar-refractivity contribution < 1.29 is 19.1 Å². The molecule has 0 saturated heterocycles. The molecule has 0 spiro atoms. The van der Waals surface area contributed by atoms with Gasteiger partial charge in [0.1, 0.15) is 5.75 Å². The molecule has 2 aromatic rings. The van der Waals surface area contributed by atoms with Gasteiger partial charge in [0.15, 0.2) is 0 Å². The fourth-order valence-electron chi connectivity index (χ4n) is 2.84. The molecular formula is C21H29N3O4S. The van der Waals surface area contributed by atoms with Crippen molar-refractivity contribution in [3.8, 4) is 5.75 Å². The normalized spacial score (nSPS) is 11.9. The predicted octanol–water partition coefficient (Wildman–Crippen LogP) is 2.66. The largest absolute Gasteiger partial charge is 0.497 e. The van der Waals surface area contributed by atoms with Crippen LogP contribution in [0.4, 0.5) is 4.79 Å². The number of benzene rings is 1. The molecule has 0 fully saturated rings. The van der Waals surface area contributed by atoms with Gasteiger partial charge in [0.05, 0.1) is 20.3 Å². The third-order valence-corrected chi connectivity index (χ3v) is 5.33. The summed E-state index contributed by atoms with van der Waals surface area (Å²) in [5, 5.41) is 7.02. The van der Waals surface area contributed by atoms with Crippen molar-refractivity contribution in [1.82, 2.24) is 15.5 Å². The molecule has 8 heteroatoms. The number of urea groups is 1. The Morgan fingerprint density at radius 2 is 1.93 bits per heavy atom. The number of rotatable bonds is 11. The lowest BCUT2D eigenvalue weighted by atomic mass is 10.1. The Bertz CT molecular complexity index is 750. The van der Waals surface area contributed by atoms with Gasteiger partial charge < -0.3 is 14.8 Å². The van der Waals surface area contributed by atoms with E-state index >= 15 is 0 Å². The van der Waals surface area contributed by atoms with Gasteiger partial charge in [-0.05, 0) is 42.5 Å². The topological polar surface area (TPSA) is 79.9 Å². The van der Waals surface area contributed by atoms with Gasteiger partial charge in [-0.1, -0.05) is 18.2 Å². The molecule has 1 aromatic carbocycles. The highest BCUT2D eigenvalue weighted by Gasteiger charge is 2.20. The lowest BCUT2D eigenvalue weighted by Crippen LogP contribution is -2.47. The van der Waals surface area contributed by atoms with Crippen LogP contribution in [0.1, 0.15) is 17.4 Å². The number of imide groups is 1. The minimum atomic E-state index is -0.512. The summed E-state index contributed by atoms with van der Waals surface area (Å²) in [4.78, 5) is 27.6. The van der Waals surface area contributed by atoms with Gasteiger partial charge in [0.2, 0.25) is 5.91 Å². The van der Waals surface area contributed by atoms with Crippen LogP contribution < -0.4 is 15.4 Å². The second-order valence-corrected chi connectivity index (χ2v) is 7.71. The van der Waals surface area contributed by atoms with Crippen molar-refractivity contribution >= 4 is 23.3 Å². The first-order chi connectivity index (χ1) is 14.0. The van der Waals surface area contributed by atoms with Crippen molar-refractivity contribution in [2.75, 3.05) is 33.9 Å². The standard InChI is InChI=1S/C21H29N3O4S/c1-16(13-19-5-4-12-29-19)24(14-17-6-8-18(28-3)9-7-17)15-20(25)23-21(26)22-10-11-27-2/h4-9,12,16H,10-11,13-15H2,1-3H3,(H2,22,23,25,26). The molecule has 1 heterocycles. The molecule has 0 bridgehead atoms. The molecule has 158 valence electrons. The molecule has 2 rings (SSSR count). The van der Waals surface area contributed by atoms with Gasteiger partial charge >= 0.3 is 6.03 Å². The Morgan fingerprint density at radius 3 is 2.55 bits per heavy atom. The van der Waals surface area contributed by atoms with Gasteiger partial charge in [0, 0.05) is 31.1 Å². The van der Waals surface area contributed by atoms with E-state index in [2.05, 4.69) is 28.5 Å². The Balaban J connectivity index is 2.00. The molecule has 0 aliphatic rings. The number of methoxy groups -OCH3 is 2. The van der Waals surface area contributed by atoms with Crippen LogP contribution in [0.3, 0.4) is 0 Å². The smallest absolute Gasteiger partial charge is 0.321 e. The summed E-state index contributed by atoms with van der Waals surface area (Å²) in [5.41, 5.74) is 1.07. The first-order valence-corrected chi connectivity index (χ1v) is 10.4. The van der Waals surface area contributed by atoms with E-state index < -0.39 is 6.03 Å². The molecule has 29 heavy (non-hydrogen) atoms. The van der Waals surface area contributed by atoms with Crippen molar-refractivity contribution in [1.29, 1.82) is 0 Å². The average Bonchev–Trinajstić information content (AvgIpc) is 3.21. The zero-order valence-corrected chi connectivity index (χ0v) is 18.0. The molecule has 1 unspecified atom stereocenters. The van der Waals surface area contributed by atoms with E-state index in [1.165, 1.54) is 4.88 Å². The Hall–Kier alpha value is -2.42. The molecule has 1 aromatic heterocycles. The van der Waals surface area contributed by atoms with Crippen molar-refractivity contribution in [2.45, 2.75) is 25.9 Å². The second kappa shape index (κ2) is 12.2. The van der Waals surface area contributed by atoms with E-state index in [-0.39, 0.29) is 18.5 Å². The highest BCUT2D eigenvalue weighted by atomic mass is 32.1. The first kappa shape index (κ1) is 22.9. The fourth-order valence-corrected chi connectivity index (χ4v) is 3.67. The summed E-state index contributed by atoms with van der Waals surface area (Å²) in [7, 11) is 3.18. The summed E-state index contributed by atoms with van der Waals surface area (Å²) in [6.45, 7) is 3.55. The van der Waals surface area contributed by atoms with Crippen LogP contribution in [0.2, 0.25) is 0 Å². The lowest BCUT2D eigenvalue weighted by molar-refractivity contribution is -0.121. The van der Waals surface area contributed by atoms with Gasteiger partial charge in [0.25, 0.3) is 0 Å². The summed E-state index contributed by atoms with van der Waals surface area (Å²) in [6.07, 6.45) is 0.834. The van der Waals surface area contributed by atoms with Crippen molar-refractivity contribution in [3.05, 3.63) is 52.2 Å². The van der Waals surface area contributed by atoms with E-state index in [9.17, 15) is 9.59 Å². The molecule has 0 aliphatic heterocycles. The zero-order chi connectivity index (χ0) is 21.1. The highest BCUT2D eigenvalue weighted by Crippen LogP contribution is 2.18. The summed E-state index contributed by atoms with van der Waals surface area (Å²) < 4.78 is 10.1. The molecule has 0 radical (unpaired) electrons. The number of nitrogens with zero attached hydrogens (tertiary/aromatic N) is 1. The van der Waals surface area contributed by atoms with E-state index in [0.717, 1.165) is 17.7 Å². The van der Waals surface area contributed by atoms with Crippen LogP contribution in [0.5, 0.6) is 5.75 Å². The molecule has 0 saturated carbocycles. The van der Waals surface area contributed by atoms with Crippen LogP contribution in [-0.4, -0.2) is 56.8 Å². The van der Waals surface area contributed by atoms with Crippen LogP contribution in [0.15, 0.2) is 41.8 Å². The Kier molecular flexibility index (Phi) is 9.63. The van der Waals surface area contributed by atoms with Crippen molar-refractivity contribution in [2.24, 2.45) is 0 Å². The monoisotopic (exact) mass is 419 g/mol. The maximum absolute atomic E-state index is 12.4. The minimum Gasteiger partial charge on any atom is -0.497 e. The first-order valence-electron chi connectivity index (χ1n) is 9.47. The molecule has 3 amide bonds. The lowest BCUT2D eigenvalue weighted by Gasteiger charge is -2.28. The third kappa shape index (κ3) is 8.23. The SMILES string of the molecule is COCCNC(=O)NC(=O)CN(Cc1ccc(OC)cc1)C(C)Cc1cccs1. The second-order valence-electron chi connectivity index (χ2n) is 6.68. The van der Waals surface area contributed by atoms with Gasteiger partial charge in [-0.3, -0.25) is 15.0 Å². The summed E-state index contributed by atoms with van der Waals surface area (Å²) in [5.74, 6) is 0.448. The van der Waals surface area contributed by atoms with E-state index in [1.54, 1.807) is 25.6 Å². The van der Waals surface area contributed by atoms with E-state index in [1.807, 2.05) is 35.7 Å². The van der Waals surface area contributed by atoms with Crippen LogP contribution in [-0.2, 0) is 22.5 Å². The molecular weight excluding hydrogens is 390 g/mol. The zero-order valence-electron chi connectivity index (χ0n) is 17.1. The number of nitrogens with one attached hydrogen (secondary N) is 2. The maximum atomic E-state index is 12.4. The highest BCUT2D eigenvalue weighted by molar-refractivity contribution is 7.09. The third-order valence-electron chi connectivity index (χ3n) is 4.44. The van der Waals surface area contributed by atoms with Gasteiger partial charge in [-0.25, -0.2) is 4.79 Å². The summed E-state index contributed by atoms with van der Waals surface area (Å²) >= 11 is 1.70. The number of carbonyl (C=O) groups excluding carboxylic acids is 2. The van der Waals surface area contributed by atoms with Crippen LogP contribution in [0, 0.1) is 0 Å². The van der Waals surface area contributed by atoms with Crippen molar-refractivity contribution in [3.63, 3.8) is 0 Å². The molecule has 0 aliphatic carbocycles. The number of ether oxygens (including phenoxy) is 2. The Morgan fingerprint density at radius 1 is 1.17 bits per heavy atom. The maximum Gasteiger partial charge on any atom is 0.321 e. The Labute approximate surface area is 176 Å². The van der Waals surface area contributed by atoms with Gasteiger partial charge in [-0.2, -0.15) is 0 Å². The van der Waals surface area contributed by atoms with E-state index in [0.29, 0.717) is 19.7 Å². The minimum absolute atomic E-state index is 0.121. The molecule has 2 N–H and O–H groups in total. The fraction of sp³-hybridized carbons (Fsp3) is 0.429. The number of hydrogen-bond acceptors (Lipinski definition) is 6.